The highest BCUT2D eigenvalue weighted by Gasteiger charge is 2.14. The number of furan rings is 1. The second-order valence-electron chi connectivity index (χ2n) is 2.62. The summed E-state index contributed by atoms with van der Waals surface area (Å²) < 4.78 is 19.0. The van der Waals surface area contributed by atoms with E-state index in [1.165, 1.54) is 12.1 Å². The molecule has 0 N–H and O–H groups in total. The van der Waals surface area contributed by atoms with E-state index in [0.29, 0.717) is 10.1 Å². The minimum Gasteiger partial charge on any atom is -0.444 e. The summed E-state index contributed by atoms with van der Waals surface area (Å²) in [6.45, 7) is 0. The minimum absolute atomic E-state index is 0.00494. The van der Waals surface area contributed by atoms with Gasteiger partial charge in [0, 0.05) is 6.07 Å². The predicted octanol–water partition coefficient (Wildman–Crippen LogP) is 3.86. The molecule has 14 heavy (non-hydrogen) atoms. The van der Waals surface area contributed by atoms with Crippen molar-refractivity contribution in [3.05, 3.63) is 33.2 Å². The molecule has 0 amide bonds. The quantitative estimate of drug-likeness (QED) is 0.684. The van der Waals surface area contributed by atoms with Gasteiger partial charge in [0.2, 0.25) is 5.76 Å². The van der Waals surface area contributed by atoms with E-state index < -0.39 is 5.82 Å². The molecule has 2 nitrogen and oxygen atoms in total. The molecule has 5 heteroatoms. The molecular formula is C9H2BrClFNO. The molecule has 0 spiro atoms. The van der Waals surface area contributed by atoms with Crippen molar-refractivity contribution in [2.45, 2.75) is 0 Å². The smallest absolute Gasteiger partial charge is 0.204 e. The number of fused-ring (bicyclic) bond motifs is 1. The summed E-state index contributed by atoms with van der Waals surface area (Å²) in [4.78, 5) is 0. The number of hydrogen-bond donors (Lipinski definition) is 0. The number of rotatable bonds is 0. The maximum absolute atomic E-state index is 13.4. The predicted molar refractivity (Wildman–Crippen MR) is 53.6 cm³/mol. The zero-order valence-electron chi connectivity index (χ0n) is 6.64. The Morgan fingerprint density at radius 3 is 2.86 bits per heavy atom. The van der Waals surface area contributed by atoms with Gasteiger partial charge in [-0.05, 0) is 22.0 Å². The highest BCUT2D eigenvalue weighted by molar-refractivity contribution is 9.10. The number of benzene rings is 1. The first kappa shape index (κ1) is 9.50. The van der Waals surface area contributed by atoms with Crippen LogP contribution in [0.5, 0.6) is 0 Å². The van der Waals surface area contributed by atoms with Gasteiger partial charge in [0.1, 0.15) is 6.07 Å². The summed E-state index contributed by atoms with van der Waals surface area (Å²) in [6, 6.07) is 4.51. The average molecular weight is 274 g/mol. The lowest BCUT2D eigenvalue weighted by Crippen LogP contribution is -1.78. The van der Waals surface area contributed by atoms with Crippen LogP contribution >= 0.6 is 27.5 Å². The van der Waals surface area contributed by atoms with Crippen molar-refractivity contribution in [1.29, 1.82) is 5.26 Å². The fraction of sp³-hybridized carbons (Fsp3) is 0. The highest BCUT2D eigenvalue weighted by Crippen LogP contribution is 2.33. The van der Waals surface area contributed by atoms with Crippen LogP contribution in [-0.2, 0) is 0 Å². The Labute approximate surface area is 92.0 Å². The van der Waals surface area contributed by atoms with E-state index in [0.717, 1.165) is 0 Å². The van der Waals surface area contributed by atoms with Crippen LogP contribution < -0.4 is 0 Å². The Bertz CT molecular complexity index is 558. The van der Waals surface area contributed by atoms with Crippen molar-refractivity contribution < 1.29 is 8.81 Å². The molecule has 2 aromatic rings. The van der Waals surface area contributed by atoms with E-state index >= 15 is 0 Å². The SMILES string of the molecule is N#Cc1cc2c(F)c(Cl)cc(Br)c2o1. The normalized spacial score (nSPS) is 10.4. The molecule has 0 bridgehead atoms. The Balaban J connectivity index is 2.93. The number of hydrogen-bond acceptors (Lipinski definition) is 2. The summed E-state index contributed by atoms with van der Waals surface area (Å²) in [5.74, 6) is -0.517. The third-order valence-electron chi connectivity index (χ3n) is 1.76. The molecule has 1 aromatic heterocycles. The van der Waals surface area contributed by atoms with Crippen LogP contribution in [0.3, 0.4) is 0 Å². The van der Waals surface area contributed by atoms with Crippen molar-refractivity contribution in [3.63, 3.8) is 0 Å². The second-order valence-corrected chi connectivity index (χ2v) is 3.88. The summed E-state index contributed by atoms with van der Waals surface area (Å²) in [7, 11) is 0. The van der Waals surface area contributed by atoms with Crippen LogP contribution in [-0.4, -0.2) is 0 Å². The zero-order chi connectivity index (χ0) is 10.3. The molecule has 0 saturated heterocycles. The zero-order valence-corrected chi connectivity index (χ0v) is 8.99. The van der Waals surface area contributed by atoms with Gasteiger partial charge in [-0.2, -0.15) is 5.26 Å². The third kappa shape index (κ3) is 1.29. The van der Waals surface area contributed by atoms with Gasteiger partial charge < -0.3 is 4.42 Å². The molecule has 1 aromatic carbocycles. The Hall–Kier alpha value is -1.05. The Kier molecular flexibility index (Phi) is 2.22. The fourth-order valence-electron chi connectivity index (χ4n) is 1.16. The molecule has 0 atom stereocenters. The van der Waals surface area contributed by atoms with Crippen molar-refractivity contribution in [3.8, 4) is 6.07 Å². The van der Waals surface area contributed by atoms with E-state index in [1.54, 1.807) is 6.07 Å². The van der Waals surface area contributed by atoms with Crippen LogP contribution in [0.4, 0.5) is 4.39 Å². The van der Waals surface area contributed by atoms with E-state index in [4.69, 9.17) is 21.3 Å². The molecule has 0 saturated carbocycles. The van der Waals surface area contributed by atoms with E-state index in [9.17, 15) is 4.39 Å². The van der Waals surface area contributed by atoms with Gasteiger partial charge in [-0.1, -0.05) is 11.6 Å². The van der Waals surface area contributed by atoms with Gasteiger partial charge >= 0.3 is 0 Å². The van der Waals surface area contributed by atoms with Gasteiger partial charge in [0.25, 0.3) is 0 Å². The first-order valence-corrected chi connectivity index (χ1v) is 4.77. The second kappa shape index (κ2) is 3.26. The lowest BCUT2D eigenvalue weighted by molar-refractivity contribution is 0.594. The standard InChI is InChI=1S/C9H2BrClFNO/c10-6-2-7(11)8(12)5-1-4(3-13)14-9(5)6/h1-2H. The fourth-order valence-corrected chi connectivity index (χ4v) is 2.02. The summed E-state index contributed by atoms with van der Waals surface area (Å²) in [5, 5.41) is 8.78. The Morgan fingerprint density at radius 2 is 2.21 bits per heavy atom. The molecule has 0 aliphatic heterocycles. The largest absolute Gasteiger partial charge is 0.444 e. The number of nitrogens with zero attached hydrogens (tertiary/aromatic N) is 1. The van der Waals surface area contributed by atoms with Crippen LogP contribution in [0.25, 0.3) is 11.0 Å². The van der Waals surface area contributed by atoms with Gasteiger partial charge in [-0.15, -0.1) is 0 Å². The highest BCUT2D eigenvalue weighted by atomic mass is 79.9. The minimum atomic E-state index is -0.574. The maximum Gasteiger partial charge on any atom is 0.204 e. The maximum atomic E-state index is 13.4. The first-order valence-electron chi connectivity index (χ1n) is 3.60. The molecule has 0 aliphatic rings. The van der Waals surface area contributed by atoms with Crippen molar-refractivity contribution in [1.82, 2.24) is 0 Å². The number of nitriles is 1. The van der Waals surface area contributed by atoms with E-state index in [-0.39, 0.29) is 16.2 Å². The Morgan fingerprint density at radius 1 is 1.50 bits per heavy atom. The topological polar surface area (TPSA) is 36.9 Å². The van der Waals surface area contributed by atoms with Crippen molar-refractivity contribution in [2.75, 3.05) is 0 Å². The molecule has 0 aliphatic carbocycles. The third-order valence-corrected chi connectivity index (χ3v) is 2.62. The average Bonchev–Trinajstić information content (AvgIpc) is 2.58. The van der Waals surface area contributed by atoms with Crippen LogP contribution in [0, 0.1) is 17.1 Å². The number of halogens is 3. The lowest BCUT2D eigenvalue weighted by Gasteiger charge is -1.96. The molecule has 0 radical (unpaired) electrons. The van der Waals surface area contributed by atoms with Crippen LogP contribution in [0.15, 0.2) is 21.0 Å². The summed E-state index contributed by atoms with van der Waals surface area (Å²) >= 11 is 8.79. The lowest BCUT2D eigenvalue weighted by atomic mass is 10.2. The van der Waals surface area contributed by atoms with Crippen LogP contribution in [0.1, 0.15) is 5.76 Å². The van der Waals surface area contributed by atoms with Gasteiger partial charge in [-0.25, -0.2) is 4.39 Å². The van der Waals surface area contributed by atoms with Gasteiger partial charge in [-0.3, -0.25) is 0 Å². The monoisotopic (exact) mass is 273 g/mol. The van der Waals surface area contributed by atoms with Crippen LogP contribution in [0.2, 0.25) is 5.02 Å². The molecule has 2 rings (SSSR count). The van der Waals surface area contributed by atoms with Gasteiger partial charge in [0.15, 0.2) is 11.4 Å². The molecule has 1 heterocycles. The first-order chi connectivity index (χ1) is 6.63. The molecule has 0 fully saturated rings. The van der Waals surface area contributed by atoms with Crippen molar-refractivity contribution >= 4 is 38.5 Å². The molecule has 70 valence electrons. The van der Waals surface area contributed by atoms with Gasteiger partial charge in [0.05, 0.1) is 14.9 Å². The van der Waals surface area contributed by atoms with Crippen molar-refractivity contribution in [2.24, 2.45) is 0 Å². The summed E-state index contributed by atoms with van der Waals surface area (Å²) in [5.41, 5.74) is 0.295. The van der Waals surface area contributed by atoms with E-state index in [2.05, 4.69) is 15.9 Å². The molecular weight excluding hydrogens is 272 g/mol. The summed E-state index contributed by atoms with van der Waals surface area (Å²) in [6.07, 6.45) is 0. The molecule has 0 unspecified atom stereocenters. The van der Waals surface area contributed by atoms with E-state index in [1.807, 2.05) is 0 Å².